The molecule has 2 aromatic carbocycles. The molecular formula is C25H19N3O2S2. The van der Waals surface area contributed by atoms with E-state index >= 15 is 0 Å². The number of amides is 1. The summed E-state index contributed by atoms with van der Waals surface area (Å²) < 4.78 is 2.25. The lowest BCUT2D eigenvalue weighted by Gasteiger charge is -2.25. The number of hydrogen-bond donors (Lipinski definition) is 1. The molecule has 7 heteroatoms. The number of nitrogens with zero attached hydrogens (tertiary/aromatic N) is 2. The van der Waals surface area contributed by atoms with Crippen LogP contribution in [0.3, 0.4) is 0 Å². The summed E-state index contributed by atoms with van der Waals surface area (Å²) in [6.45, 7) is 1.83. The van der Waals surface area contributed by atoms with Crippen LogP contribution in [-0.4, -0.2) is 10.5 Å². The van der Waals surface area contributed by atoms with Crippen LogP contribution >= 0.6 is 22.7 Å². The van der Waals surface area contributed by atoms with Crippen molar-refractivity contribution in [2.75, 3.05) is 5.32 Å². The molecule has 32 heavy (non-hydrogen) atoms. The molecule has 0 unspecified atom stereocenters. The number of carbonyl (C=O) groups excluding carboxylic acids is 1. The molecule has 2 aromatic heterocycles. The van der Waals surface area contributed by atoms with Crippen LogP contribution in [0.2, 0.25) is 0 Å². The summed E-state index contributed by atoms with van der Waals surface area (Å²) in [5.41, 5.74) is 2.49. The van der Waals surface area contributed by atoms with Crippen molar-refractivity contribution in [2.24, 2.45) is 4.99 Å². The third kappa shape index (κ3) is 3.77. The first kappa shape index (κ1) is 20.4. The van der Waals surface area contributed by atoms with Crippen molar-refractivity contribution in [2.45, 2.75) is 13.0 Å². The lowest BCUT2D eigenvalue weighted by molar-refractivity contribution is -0.113. The molecule has 1 N–H and O–H groups in total. The molecule has 5 rings (SSSR count). The van der Waals surface area contributed by atoms with Crippen LogP contribution in [0.4, 0.5) is 5.69 Å². The van der Waals surface area contributed by atoms with Gasteiger partial charge >= 0.3 is 0 Å². The highest BCUT2D eigenvalue weighted by Gasteiger charge is 2.32. The predicted molar refractivity (Wildman–Crippen MR) is 130 cm³/mol. The fourth-order valence-electron chi connectivity index (χ4n) is 3.79. The normalized spacial score (nSPS) is 15.9. The highest BCUT2D eigenvalue weighted by atomic mass is 32.1. The van der Waals surface area contributed by atoms with Crippen LogP contribution in [0.15, 0.2) is 99.2 Å². The van der Waals surface area contributed by atoms with Crippen LogP contribution in [0, 0.1) is 0 Å². The van der Waals surface area contributed by atoms with Gasteiger partial charge in [-0.25, -0.2) is 4.99 Å². The molecule has 0 aliphatic carbocycles. The summed E-state index contributed by atoms with van der Waals surface area (Å²) in [7, 11) is 0. The number of rotatable bonds is 4. The van der Waals surface area contributed by atoms with Gasteiger partial charge in [0.1, 0.15) is 0 Å². The lowest BCUT2D eigenvalue weighted by atomic mass is 9.95. The Morgan fingerprint density at radius 1 is 1.03 bits per heavy atom. The zero-order valence-electron chi connectivity index (χ0n) is 17.2. The van der Waals surface area contributed by atoms with Gasteiger partial charge in [0.2, 0.25) is 0 Å². The highest BCUT2D eigenvalue weighted by Crippen LogP contribution is 2.30. The number of nitrogens with one attached hydrogen (secondary N) is 1. The maximum atomic E-state index is 13.5. The van der Waals surface area contributed by atoms with E-state index in [0.29, 0.717) is 26.3 Å². The topological polar surface area (TPSA) is 63.5 Å². The van der Waals surface area contributed by atoms with Crippen LogP contribution in [-0.2, 0) is 4.79 Å². The Balaban J connectivity index is 1.68. The average Bonchev–Trinajstić information content (AvgIpc) is 3.42. The Labute approximate surface area is 192 Å². The first-order chi connectivity index (χ1) is 15.6. The van der Waals surface area contributed by atoms with E-state index in [1.165, 1.54) is 11.3 Å². The van der Waals surface area contributed by atoms with Gasteiger partial charge in [0, 0.05) is 10.6 Å². The molecule has 0 bridgehead atoms. The van der Waals surface area contributed by atoms with Gasteiger partial charge in [-0.3, -0.25) is 14.2 Å². The third-order valence-electron chi connectivity index (χ3n) is 5.23. The second kappa shape index (κ2) is 8.53. The SMILES string of the molecule is CC1=C(C(=O)Nc2ccccc2)[C@@H](c2ccccc2)n2c(s/c(=C/c3cccs3)c2=O)=N1. The Morgan fingerprint density at radius 2 is 1.75 bits per heavy atom. The number of thiophene rings is 1. The Bertz CT molecular complexity index is 1480. The number of para-hydroxylation sites is 1. The molecular weight excluding hydrogens is 438 g/mol. The van der Waals surface area contributed by atoms with Crippen molar-refractivity contribution in [1.29, 1.82) is 0 Å². The summed E-state index contributed by atoms with van der Waals surface area (Å²) in [6.07, 6.45) is 1.89. The quantitative estimate of drug-likeness (QED) is 0.505. The minimum atomic E-state index is -0.554. The van der Waals surface area contributed by atoms with E-state index in [0.717, 1.165) is 10.4 Å². The van der Waals surface area contributed by atoms with Crippen LogP contribution < -0.4 is 20.2 Å². The molecule has 1 amide bonds. The molecule has 5 nitrogen and oxygen atoms in total. The summed E-state index contributed by atoms with van der Waals surface area (Å²) in [6, 6.07) is 22.3. The average molecular weight is 458 g/mol. The Kier molecular flexibility index (Phi) is 5.43. The van der Waals surface area contributed by atoms with Gasteiger partial charge in [-0.15, -0.1) is 11.3 Å². The number of carbonyl (C=O) groups is 1. The maximum Gasteiger partial charge on any atom is 0.271 e. The second-order valence-electron chi connectivity index (χ2n) is 7.33. The summed E-state index contributed by atoms with van der Waals surface area (Å²) in [4.78, 5) is 33.1. The highest BCUT2D eigenvalue weighted by molar-refractivity contribution is 7.11. The van der Waals surface area contributed by atoms with E-state index in [9.17, 15) is 9.59 Å². The lowest BCUT2D eigenvalue weighted by Crippen LogP contribution is -2.40. The van der Waals surface area contributed by atoms with Crippen LogP contribution in [0.25, 0.3) is 6.08 Å². The van der Waals surface area contributed by atoms with E-state index in [4.69, 9.17) is 0 Å². The number of allylic oxidation sites excluding steroid dienone is 1. The number of hydrogen-bond acceptors (Lipinski definition) is 5. The number of fused-ring (bicyclic) bond motifs is 1. The monoisotopic (exact) mass is 457 g/mol. The van der Waals surface area contributed by atoms with Crippen molar-refractivity contribution in [3.63, 3.8) is 0 Å². The zero-order valence-corrected chi connectivity index (χ0v) is 18.8. The minimum Gasteiger partial charge on any atom is -0.322 e. The molecule has 158 valence electrons. The van der Waals surface area contributed by atoms with Crippen molar-refractivity contribution >= 4 is 40.3 Å². The van der Waals surface area contributed by atoms with Crippen molar-refractivity contribution < 1.29 is 4.79 Å². The van der Waals surface area contributed by atoms with Crippen molar-refractivity contribution in [1.82, 2.24) is 4.57 Å². The number of benzene rings is 2. The zero-order chi connectivity index (χ0) is 22.1. The fraction of sp³-hybridized carbons (Fsp3) is 0.0800. The van der Waals surface area contributed by atoms with E-state index in [1.54, 1.807) is 15.9 Å². The van der Waals surface area contributed by atoms with E-state index in [-0.39, 0.29) is 11.5 Å². The third-order valence-corrected chi connectivity index (χ3v) is 7.03. The maximum absolute atomic E-state index is 13.5. The van der Waals surface area contributed by atoms with Crippen LogP contribution in [0.5, 0.6) is 0 Å². The molecule has 0 radical (unpaired) electrons. The van der Waals surface area contributed by atoms with Crippen molar-refractivity contribution in [3.8, 4) is 0 Å². The summed E-state index contributed by atoms with van der Waals surface area (Å²) in [5, 5.41) is 4.94. The van der Waals surface area contributed by atoms with Crippen LogP contribution in [0.1, 0.15) is 23.4 Å². The molecule has 0 fully saturated rings. The first-order valence-corrected chi connectivity index (χ1v) is 11.8. The van der Waals surface area contributed by atoms with Gasteiger partial charge in [-0.1, -0.05) is 65.9 Å². The van der Waals surface area contributed by atoms with Gasteiger partial charge < -0.3 is 5.32 Å². The van der Waals surface area contributed by atoms with Gasteiger partial charge in [-0.2, -0.15) is 0 Å². The molecule has 0 spiro atoms. The molecule has 0 saturated heterocycles. The van der Waals surface area contributed by atoms with Gasteiger partial charge in [0.25, 0.3) is 11.5 Å². The fourth-order valence-corrected chi connectivity index (χ4v) is 5.55. The van der Waals surface area contributed by atoms with Crippen molar-refractivity contribution in [3.05, 3.63) is 120 Å². The Morgan fingerprint density at radius 3 is 2.44 bits per heavy atom. The number of anilines is 1. The molecule has 0 saturated carbocycles. The first-order valence-electron chi connectivity index (χ1n) is 10.1. The molecule has 1 atom stereocenters. The van der Waals surface area contributed by atoms with Gasteiger partial charge in [0.15, 0.2) is 4.80 Å². The second-order valence-corrected chi connectivity index (χ2v) is 9.32. The molecule has 4 aromatic rings. The molecule has 1 aliphatic heterocycles. The van der Waals surface area contributed by atoms with Gasteiger partial charge in [-0.05, 0) is 42.1 Å². The predicted octanol–water partition coefficient (Wildman–Crippen LogP) is 3.94. The number of aromatic nitrogens is 1. The van der Waals surface area contributed by atoms with Gasteiger partial charge in [0.05, 0.1) is 21.8 Å². The van der Waals surface area contributed by atoms with E-state index in [2.05, 4.69) is 10.3 Å². The summed E-state index contributed by atoms with van der Waals surface area (Å²) in [5.74, 6) is -0.265. The molecule has 1 aliphatic rings. The summed E-state index contributed by atoms with van der Waals surface area (Å²) >= 11 is 2.92. The smallest absolute Gasteiger partial charge is 0.271 e. The largest absolute Gasteiger partial charge is 0.322 e. The Hall–Kier alpha value is -3.55. The standard InChI is InChI=1S/C25H19N3O2S2/c1-16-21(23(29)27-18-11-6-3-7-12-18)22(17-9-4-2-5-10-17)28-24(30)20(32-25(28)26-16)15-19-13-8-14-31-19/h2-15,22H,1H3,(H,27,29)/b20-15+/t22-/m1/s1. The van der Waals surface area contributed by atoms with E-state index in [1.807, 2.05) is 91.2 Å². The van der Waals surface area contributed by atoms with E-state index < -0.39 is 6.04 Å². The number of thiazole rings is 1. The molecule has 3 heterocycles. The minimum absolute atomic E-state index is 0.145.